The van der Waals surface area contributed by atoms with Gasteiger partial charge in [0.25, 0.3) is 0 Å². The molecule has 0 saturated carbocycles. The fraction of sp³-hybridized carbons (Fsp3) is 0.533. The molecule has 3 heteroatoms. The number of nitrogens with one attached hydrogen (secondary N) is 1. The van der Waals surface area contributed by atoms with Gasteiger partial charge in [-0.05, 0) is 55.9 Å². The fourth-order valence-corrected chi connectivity index (χ4v) is 3.60. The van der Waals surface area contributed by atoms with Gasteiger partial charge in [-0.1, -0.05) is 6.07 Å². The third kappa shape index (κ3) is 1.82. The van der Waals surface area contributed by atoms with Crippen LogP contribution >= 0.6 is 0 Å². The number of rotatable bonds is 1. The van der Waals surface area contributed by atoms with E-state index in [4.69, 9.17) is 5.26 Å². The molecule has 2 aliphatic rings. The van der Waals surface area contributed by atoms with Crippen LogP contribution in [0.1, 0.15) is 42.4 Å². The summed E-state index contributed by atoms with van der Waals surface area (Å²) in [6, 6.07) is 8.65. The largest absolute Gasteiger partial charge is 0.385 e. The second-order valence-corrected chi connectivity index (χ2v) is 5.72. The van der Waals surface area contributed by atoms with E-state index in [1.807, 2.05) is 25.1 Å². The van der Waals surface area contributed by atoms with Crippen LogP contribution in [0.15, 0.2) is 18.2 Å². The van der Waals surface area contributed by atoms with Gasteiger partial charge in [0.15, 0.2) is 0 Å². The summed E-state index contributed by atoms with van der Waals surface area (Å²) < 4.78 is 0. The topological polar surface area (TPSA) is 56.0 Å². The van der Waals surface area contributed by atoms with Crippen molar-refractivity contribution in [1.29, 1.82) is 5.26 Å². The summed E-state index contributed by atoms with van der Waals surface area (Å²) in [6.07, 6.45) is 3.91. The molecular weight excluding hydrogens is 224 g/mol. The number of piperidine rings is 1. The second kappa shape index (κ2) is 4.08. The number of aliphatic hydroxyl groups is 1. The van der Waals surface area contributed by atoms with Crippen molar-refractivity contribution in [3.8, 4) is 6.07 Å². The normalized spacial score (nSPS) is 34.3. The Bertz CT molecular complexity index is 506. The fourth-order valence-electron chi connectivity index (χ4n) is 3.60. The van der Waals surface area contributed by atoms with Gasteiger partial charge < -0.3 is 10.4 Å². The van der Waals surface area contributed by atoms with E-state index in [0.717, 1.165) is 24.0 Å². The maximum Gasteiger partial charge on any atom is 0.0991 e. The molecule has 1 aromatic carbocycles. The van der Waals surface area contributed by atoms with Gasteiger partial charge in [0, 0.05) is 12.1 Å². The maximum atomic E-state index is 10.9. The lowest BCUT2D eigenvalue weighted by Gasteiger charge is -2.38. The molecule has 94 valence electrons. The van der Waals surface area contributed by atoms with Crippen LogP contribution in [-0.4, -0.2) is 17.2 Å². The van der Waals surface area contributed by atoms with E-state index < -0.39 is 5.60 Å². The molecular formula is C15H18N2O. The summed E-state index contributed by atoms with van der Waals surface area (Å²) in [7, 11) is 0. The number of hydrogen-bond acceptors (Lipinski definition) is 3. The number of aryl methyl sites for hydroxylation is 1. The van der Waals surface area contributed by atoms with Crippen molar-refractivity contribution in [2.24, 2.45) is 0 Å². The number of benzene rings is 1. The van der Waals surface area contributed by atoms with Crippen molar-refractivity contribution in [2.75, 3.05) is 0 Å². The maximum absolute atomic E-state index is 10.9. The molecule has 2 heterocycles. The van der Waals surface area contributed by atoms with E-state index in [-0.39, 0.29) is 0 Å². The minimum absolute atomic E-state index is 0.448. The van der Waals surface area contributed by atoms with Gasteiger partial charge in [-0.25, -0.2) is 0 Å². The molecule has 2 saturated heterocycles. The zero-order valence-electron chi connectivity index (χ0n) is 10.6. The summed E-state index contributed by atoms with van der Waals surface area (Å²) in [5, 5.41) is 23.4. The Labute approximate surface area is 107 Å². The first kappa shape index (κ1) is 11.7. The van der Waals surface area contributed by atoms with Crippen molar-refractivity contribution < 1.29 is 5.11 Å². The first-order chi connectivity index (χ1) is 8.60. The lowest BCUT2D eigenvalue weighted by atomic mass is 9.79. The minimum Gasteiger partial charge on any atom is -0.385 e. The predicted octanol–water partition coefficient (Wildman–Crippen LogP) is 1.97. The van der Waals surface area contributed by atoms with Crippen LogP contribution < -0.4 is 5.32 Å². The van der Waals surface area contributed by atoms with E-state index >= 15 is 0 Å². The molecule has 18 heavy (non-hydrogen) atoms. The van der Waals surface area contributed by atoms with Crippen molar-refractivity contribution >= 4 is 0 Å². The van der Waals surface area contributed by atoms with Crippen LogP contribution in [0.4, 0.5) is 0 Å². The van der Waals surface area contributed by atoms with Crippen molar-refractivity contribution in [3.05, 3.63) is 34.9 Å². The molecule has 0 spiro atoms. The molecule has 0 aromatic heterocycles. The Morgan fingerprint density at radius 1 is 1.33 bits per heavy atom. The second-order valence-electron chi connectivity index (χ2n) is 5.72. The third-order valence-corrected chi connectivity index (χ3v) is 4.36. The highest BCUT2D eigenvalue weighted by Gasteiger charge is 2.43. The average molecular weight is 242 g/mol. The highest BCUT2D eigenvalue weighted by molar-refractivity contribution is 5.40. The monoisotopic (exact) mass is 242 g/mol. The molecule has 0 aliphatic carbocycles. The first-order valence-electron chi connectivity index (χ1n) is 6.60. The summed E-state index contributed by atoms with van der Waals surface area (Å²) >= 11 is 0. The summed E-state index contributed by atoms with van der Waals surface area (Å²) in [4.78, 5) is 0. The summed E-state index contributed by atoms with van der Waals surface area (Å²) in [6.45, 7) is 1.98. The van der Waals surface area contributed by atoms with Crippen LogP contribution in [-0.2, 0) is 5.60 Å². The molecule has 2 fully saturated rings. The highest BCUT2D eigenvalue weighted by Crippen LogP contribution is 2.41. The molecule has 0 radical (unpaired) electrons. The van der Waals surface area contributed by atoms with Gasteiger partial charge in [0.05, 0.1) is 17.2 Å². The van der Waals surface area contributed by atoms with Crippen molar-refractivity contribution in [2.45, 2.75) is 50.3 Å². The molecule has 3 rings (SSSR count). The zero-order chi connectivity index (χ0) is 12.8. The molecule has 2 N–H and O–H groups in total. The van der Waals surface area contributed by atoms with E-state index in [0.29, 0.717) is 17.6 Å². The number of nitrogens with zero attached hydrogens (tertiary/aromatic N) is 1. The summed E-state index contributed by atoms with van der Waals surface area (Å²) in [5.41, 5.74) is 1.98. The standard InChI is InChI=1S/C15H18N2O/c1-10-6-11(9-16)2-5-14(10)15(18)7-12-3-4-13(8-15)17-12/h2,5-6,12-13,17-18H,3-4,7-8H2,1H3. The smallest absolute Gasteiger partial charge is 0.0991 e. The Morgan fingerprint density at radius 3 is 2.56 bits per heavy atom. The SMILES string of the molecule is Cc1cc(C#N)ccc1C1(O)CC2CCC(C1)N2. The Hall–Kier alpha value is -1.37. The Kier molecular flexibility index (Phi) is 2.65. The average Bonchev–Trinajstić information content (AvgIpc) is 2.68. The quantitative estimate of drug-likeness (QED) is 0.791. The zero-order valence-corrected chi connectivity index (χ0v) is 10.6. The lowest BCUT2D eigenvalue weighted by Crippen LogP contribution is -2.47. The minimum atomic E-state index is -0.713. The van der Waals surface area contributed by atoms with E-state index in [2.05, 4.69) is 11.4 Å². The van der Waals surface area contributed by atoms with E-state index in [1.54, 1.807) is 0 Å². The highest BCUT2D eigenvalue weighted by atomic mass is 16.3. The molecule has 2 bridgehead atoms. The lowest BCUT2D eigenvalue weighted by molar-refractivity contribution is -0.0119. The van der Waals surface area contributed by atoms with Crippen molar-refractivity contribution in [1.82, 2.24) is 5.32 Å². The molecule has 2 unspecified atom stereocenters. The Balaban J connectivity index is 1.97. The molecule has 1 aromatic rings. The number of nitriles is 1. The van der Waals surface area contributed by atoms with E-state index in [9.17, 15) is 5.11 Å². The van der Waals surface area contributed by atoms with Gasteiger partial charge in [-0.3, -0.25) is 0 Å². The van der Waals surface area contributed by atoms with Crippen LogP contribution in [0.2, 0.25) is 0 Å². The molecule has 0 amide bonds. The van der Waals surface area contributed by atoms with Crippen LogP contribution in [0.5, 0.6) is 0 Å². The predicted molar refractivity (Wildman–Crippen MR) is 69.0 cm³/mol. The summed E-state index contributed by atoms with van der Waals surface area (Å²) in [5.74, 6) is 0. The van der Waals surface area contributed by atoms with Gasteiger partial charge in [0.1, 0.15) is 0 Å². The van der Waals surface area contributed by atoms with Crippen LogP contribution in [0, 0.1) is 18.3 Å². The van der Waals surface area contributed by atoms with Crippen LogP contribution in [0.25, 0.3) is 0 Å². The molecule has 2 atom stereocenters. The van der Waals surface area contributed by atoms with Gasteiger partial charge in [0.2, 0.25) is 0 Å². The number of fused-ring (bicyclic) bond motifs is 2. The number of hydrogen-bond donors (Lipinski definition) is 2. The van der Waals surface area contributed by atoms with Crippen molar-refractivity contribution in [3.63, 3.8) is 0 Å². The third-order valence-electron chi connectivity index (χ3n) is 4.36. The first-order valence-corrected chi connectivity index (χ1v) is 6.60. The van der Waals surface area contributed by atoms with Gasteiger partial charge in [-0.2, -0.15) is 5.26 Å². The Morgan fingerprint density at radius 2 is 2.00 bits per heavy atom. The molecule has 2 aliphatic heterocycles. The van der Waals surface area contributed by atoms with Gasteiger partial charge in [-0.15, -0.1) is 0 Å². The molecule has 3 nitrogen and oxygen atoms in total. The van der Waals surface area contributed by atoms with Gasteiger partial charge >= 0.3 is 0 Å². The van der Waals surface area contributed by atoms with Crippen LogP contribution in [0.3, 0.4) is 0 Å². The van der Waals surface area contributed by atoms with E-state index in [1.165, 1.54) is 12.8 Å².